The molecule has 0 aliphatic carbocycles. The van der Waals surface area contributed by atoms with Gasteiger partial charge in [-0.3, -0.25) is 9.69 Å². The number of aromatic amines is 1. The van der Waals surface area contributed by atoms with E-state index in [0.29, 0.717) is 12.1 Å². The van der Waals surface area contributed by atoms with E-state index in [1.165, 1.54) is 11.1 Å². The smallest absolute Gasteiger partial charge is 0.251 e. The number of carbonyl (C=O) groups is 1. The minimum Gasteiger partial charge on any atom is -0.484 e. The predicted octanol–water partition coefficient (Wildman–Crippen LogP) is 3.99. The fourth-order valence-corrected chi connectivity index (χ4v) is 4.49. The number of nitrogens with zero attached hydrogens (tertiary/aromatic N) is 2. The summed E-state index contributed by atoms with van der Waals surface area (Å²) in [6, 6.07) is 15.8. The van der Waals surface area contributed by atoms with E-state index in [2.05, 4.69) is 43.1 Å². The molecule has 4 aromatic rings. The highest BCUT2D eigenvalue weighted by Gasteiger charge is 2.24. The maximum absolute atomic E-state index is 12.6. The summed E-state index contributed by atoms with van der Waals surface area (Å²) < 4.78 is 6.33. The zero-order valence-electron chi connectivity index (χ0n) is 16.4. The summed E-state index contributed by atoms with van der Waals surface area (Å²) in [5, 5.41) is 7.27. The Morgan fingerprint density at radius 2 is 2.20 bits per heavy atom. The number of hydrogen-bond acceptors (Lipinski definition) is 5. The second kappa shape index (κ2) is 8.30. The average Bonchev–Trinajstić information content (AvgIpc) is 3.42. The number of rotatable bonds is 5. The van der Waals surface area contributed by atoms with Gasteiger partial charge < -0.3 is 15.0 Å². The molecule has 0 bridgehead atoms. The van der Waals surface area contributed by atoms with Crippen molar-refractivity contribution in [2.24, 2.45) is 0 Å². The Labute approximate surface area is 178 Å². The number of benzene rings is 2. The lowest BCUT2D eigenvalue weighted by atomic mass is 10.1. The van der Waals surface area contributed by atoms with Crippen molar-refractivity contribution in [2.75, 3.05) is 19.6 Å². The summed E-state index contributed by atoms with van der Waals surface area (Å²) in [6.07, 6.45) is 1.62. The van der Waals surface area contributed by atoms with Gasteiger partial charge >= 0.3 is 0 Å². The molecule has 2 aromatic heterocycles. The van der Waals surface area contributed by atoms with Crippen molar-refractivity contribution in [2.45, 2.75) is 12.6 Å². The number of carbonyl (C=O) groups excluding carboxylic acids is 1. The Morgan fingerprint density at radius 3 is 3.10 bits per heavy atom. The fraction of sp³-hybridized carbons (Fsp3) is 0.217. The van der Waals surface area contributed by atoms with E-state index in [9.17, 15) is 4.79 Å². The van der Waals surface area contributed by atoms with Crippen molar-refractivity contribution in [1.29, 1.82) is 0 Å². The molecule has 5 rings (SSSR count). The molecule has 2 N–H and O–H groups in total. The molecule has 0 radical (unpaired) electrons. The van der Waals surface area contributed by atoms with Crippen LogP contribution in [-0.4, -0.2) is 40.4 Å². The minimum atomic E-state index is -0.0765. The molecule has 6 nitrogen and oxygen atoms in total. The Hall–Kier alpha value is -3.16. The van der Waals surface area contributed by atoms with Crippen LogP contribution in [0.2, 0.25) is 0 Å². The number of thiophene rings is 1. The number of para-hydroxylation sites is 1. The molecule has 7 heteroatoms. The van der Waals surface area contributed by atoms with Crippen LogP contribution in [0.4, 0.5) is 0 Å². The average molecular weight is 419 g/mol. The lowest BCUT2D eigenvalue weighted by molar-refractivity contribution is 0.0943. The van der Waals surface area contributed by atoms with Gasteiger partial charge in [-0.2, -0.15) is 11.3 Å². The van der Waals surface area contributed by atoms with Crippen molar-refractivity contribution in [3.05, 3.63) is 82.3 Å². The molecule has 1 unspecified atom stereocenters. The summed E-state index contributed by atoms with van der Waals surface area (Å²) in [4.78, 5) is 22.2. The molecule has 0 saturated heterocycles. The number of hydrogen-bond donors (Lipinski definition) is 2. The quantitative estimate of drug-likeness (QED) is 0.514. The normalized spacial score (nSPS) is 16.6. The lowest BCUT2D eigenvalue weighted by Crippen LogP contribution is -2.36. The summed E-state index contributed by atoms with van der Waals surface area (Å²) in [5.74, 6) is 0.862. The van der Waals surface area contributed by atoms with Crippen LogP contribution >= 0.6 is 11.3 Å². The monoisotopic (exact) mass is 418 g/mol. The second-order valence-corrected chi connectivity index (χ2v) is 8.18. The first kappa shape index (κ1) is 18.8. The van der Waals surface area contributed by atoms with Gasteiger partial charge in [0.25, 0.3) is 5.91 Å². The van der Waals surface area contributed by atoms with Crippen LogP contribution in [0, 0.1) is 0 Å². The van der Waals surface area contributed by atoms with Gasteiger partial charge in [0, 0.05) is 42.9 Å². The Kier molecular flexibility index (Phi) is 5.21. The maximum Gasteiger partial charge on any atom is 0.251 e. The van der Waals surface area contributed by atoms with Crippen molar-refractivity contribution < 1.29 is 9.53 Å². The van der Waals surface area contributed by atoms with E-state index in [4.69, 9.17) is 4.74 Å². The topological polar surface area (TPSA) is 70.2 Å². The molecule has 1 aliphatic rings. The van der Waals surface area contributed by atoms with E-state index in [1.807, 2.05) is 30.3 Å². The van der Waals surface area contributed by atoms with Crippen LogP contribution in [0.5, 0.6) is 5.75 Å². The molecule has 3 heterocycles. The highest BCUT2D eigenvalue weighted by molar-refractivity contribution is 7.07. The third kappa shape index (κ3) is 3.94. The second-order valence-electron chi connectivity index (χ2n) is 7.40. The fourth-order valence-electron chi connectivity index (χ4n) is 3.79. The zero-order valence-corrected chi connectivity index (χ0v) is 17.2. The molecule has 0 fully saturated rings. The van der Waals surface area contributed by atoms with Gasteiger partial charge in [0.2, 0.25) is 0 Å². The Morgan fingerprint density at radius 1 is 1.27 bits per heavy atom. The highest BCUT2D eigenvalue weighted by Crippen LogP contribution is 2.31. The van der Waals surface area contributed by atoms with Gasteiger partial charge in [-0.25, -0.2) is 4.98 Å². The summed E-state index contributed by atoms with van der Waals surface area (Å²) in [5.41, 5.74) is 4.72. The number of imidazole rings is 1. The lowest BCUT2D eigenvalue weighted by Gasteiger charge is -2.23. The van der Waals surface area contributed by atoms with E-state index < -0.39 is 0 Å². The van der Waals surface area contributed by atoms with Crippen molar-refractivity contribution >= 4 is 28.3 Å². The number of amides is 1. The van der Waals surface area contributed by atoms with Crippen LogP contribution in [-0.2, 0) is 6.54 Å². The molecule has 1 atom stereocenters. The summed E-state index contributed by atoms with van der Waals surface area (Å²) in [7, 11) is 0. The van der Waals surface area contributed by atoms with E-state index in [1.54, 1.807) is 23.7 Å². The number of ether oxygens (including phenoxy) is 1. The largest absolute Gasteiger partial charge is 0.484 e. The molecule has 30 heavy (non-hydrogen) atoms. The summed E-state index contributed by atoms with van der Waals surface area (Å²) >= 11 is 1.68. The SMILES string of the molecule is O=C(NCCN1Cc2ccccc2OC(c2ccsc2)C1)c1ccc2nc[nH]c2c1. The van der Waals surface area contributed by atoms with E-state index in [0.717, 1.165) is 36.4 Å². The van der Waals surface area contributed by atoms with Crippen LogP contribution in [0.1, 0.15) is 27.6 Å². The molecule has 0 spiro atoms. The molecule has 1 amide bonds. The highest BCUT2D eigenvalue weighted by atomic mass is 32.1. The number of fused-ring (bicyclic) bond motifs is 2. The van der Waals surface area contributed by atoms with Crippen molar-refractivity contribution in [1.82, 2.24) is 20.2 Å². The molecular formula is C23H22N4O2S. The predicted molar refractivity (Wildman–Crippen MR) is 118 cm³/mol. The third-order valence-electron chi connectivity index (χ3n) is 5.37. The number of aromatic nitrogens is 2. The number of nitrogens with one attached hydrogen (secondary N) is 2. The first-order chi connectivity index (χ1) is 14.8. The van der Waals surface area contributed by atoms with E-state index >= 15 is 0 Å². The van der Waals surface area contributed by atoms with Gasteiger partial charge in [0.05, 0.1) is 17.4 Å². The van der Waals surface area contributed by atoms with Gasteiger partial charge in [-0.1, -0.05) is 18.2 Å². The molecular weight excluding hydrogens is 396 g/mol. The Bertz CT molecular complexity index is 1150. The van der Waals surface area contributed by atoms with Crippen LogP contribution < -0.4 is 10.1 Å². The van der Waals surface area contributed by atoms with Crippen molar-refractivity contribution in [3.63, 3.8) is 0 Å². The standard InChI is InChI=1S/C23H22N4O2S/c28-23(16-5-6-19-20(11-16)26-15-25-19)24-8-9-27-12-17-3-1-2-4-21(17)29-22(13-27)18-7-10-30-14-18/h1-7,10-11,14-15,22H,8-9,12-13H2,(H,24,28)(H,25,26). The molecule has 1 aliphatic heterocycles. The van der Waals surface area contributed by atoms with Gasteiger partial charge in [0.1, 0.15) is 11.9 Å². The van der Waals surface area contributed by atoms with Gasteiger partial charge in [-0.15, -0.1) is 0 Å². The molecule has 0 saturated carbocycles. The maximum atomic E-state index is 12.6. The van der Waals surface area contributed by atoms with Gasteiger partial charge in [-0.05, 0) is 41.1 Å². The Balaban J connectivity index is 1.26. The van der Waals surface area contributed by atoms with Crippen LogP contribution in [0.25, 0.3) is 11.0 Å². The van der Waals surface area contributed by atoms with E-state index in [-0.39, 0.29) is 12.0 Å². The summed E-state index contributed by atoms with van der Waals surface area (Å²) in [6.45, 7) is 2.89. The van der Waals surface area contributed by atoms with Gasteiger partial charge in [0.15, 0.2) is 0 Å². The zero-order chi connectivity index (χ0) is 20.3. The van der Waals surface area contributed by atoms with Crippen LogP contribution in [0.3, 0.4) is 0 Å². The molecule has 2 aromatic carbocycles. The molecule has 152 valence electrons. The first-order valence-corrected chi connectivity index (χ1v) is 10.9. The number of H-pyrrole nitrogens is 1. The van der Waals surface area contributed by atoms with Crippen LogP contribution in [0.15, 0.2) is 65.6 Å². The minimum absolute atomic E-state index is 0.0154. The van der Waals surface area contributed by atoms with Crippen molar-refractivity contribution in [3.8, 4) is 5.75 Å². The third-order valence-corrected chi connectivity index (χ3v) is 6.07. The first-order valence-electron chi connectivity index (χ1n) is 9.96.